The highest BCUT2D eigenvalue weighted by Gasteiger charge is 2.25. The van der Waals surface area contributed by atoms with Gasteiger partial charge in [-0.05, 0) is 24.5 Å². The van der Waals surface area contributed by atoms with Gasteiger partial charge in [0.1, 0.15) is 9.84 Å². The Balaban J connectivity index is 1.95. The van der Waals surface area contributed by atoms with E-state index in [-0.39, 0.29) is 23.7 Å². The molecule has 1 amide bonds. The number of nitrogens with one attached hydrogen (secondary N) is 2. The van der Waals surface area contributed by atoms with Crippen LogP contribution in [0.2, 0.25) is 0 Å². The highest BCUT2D eigenvalue weighted by molar-refractivity contribution is 7.90. The van der Waals surface area contributed by atoms with Crippen LogP contribution in [0.1, 0.15) is 18.1 Å². The third-order valence-electron chi connectivity index (χ3n) is 3.34. The van der Waals surface area contributed by atoms with Crippen LogP contribution >= 0.6 is 0 Å². The first-order chi connectivity index (χ1) is 9.35. The van der Waals surface area contributed by atoms with E-state index in [0.29, 0.717) is 13.0 Å². The third kappa shape index (κ3) is 4.05. The first kappa shape index (κ1) is 15.0. The maximum Gasteiger partial charge on any atom is 0.237 e. The molecule has 110 valence electrons. The zero-order valence-corrected chi connectivity index (χ0v) is 12.5. The molecule has 5 nitrogen and oxygen atoms in total. The predicted octanol–water partition coefficient (Wildman–Crippen LogP) is 0.250. The zero-order valence-electron chi connectivity index (χ0n) is 11.7. The molecule has 1 unspecified atom stereocenters. The quantitative estimate of drug-likeness (QED) is 0.835. The highest BCUT2D eigenvalue weighted by atomic mass is 32.2. The average molecular weight is 296 g/mol. The summed E-state index contributed by atoms with van der Waals surface area (Å²) in [6, 6.07) is 7.34. The van der Waals surface area contributed by atoms with Crippen LogP contribution in [0.4, 0.5) is 0 Å². The molecular weight excluding hydrogens is 276 g/mol. The normalized spacial score (nSPS) is 20.0. The molecule has 20 heavy (non-hydrogen) atoms. The van der Waals surface area contributed by atoms with E-state index in [9.17, 15) is 13.2 Å². The van der Waals surface area contributed by atoms with Gasteiger partial charge in [-0.25, -0.2) is 8.42 Å². The summed E-state index contributed by atoms with van der Waals surface area (Å²) in [7, 11) is -3.08. The third-order valence-corrected chi connectivity index (χ3v) is 4.44. The molecule has 1 heterocycles. The van der Waals surface area contributed by atoms with Gasteiger partial charge in [0.2, 0.25) is 5.91 Å². The Morgan fingerprint density at radius 3 is 2.70 bits per heavy atom. The number of fused-ring (bicyclic) bond motifs is 1. The van der Waals surface area contributed by atoms with Crippen molar-refractivity contribution >= 4 is 15.7 Å². The van der Waals surface area contributed by atoms with Crippen LogP contribution in [0.5, 0.6) is 0 Å². The summed E-state index contributed by atoms with van der Waals surface area (Å²) in [5.74, 6) is -0.183. The number of sulfone groups is 1. The van der Waals surface area contributed by atoms with E-state index in [2.05, 4.69) is 10.6 Å². The molecule has 1 aliphatic heterocycles. The van der Waals surface area contributed by atoms with E-state index in [1.807, 2.05) is 24.3 Å². The van der Waals surface area contributed by atoms with Crippen LogP contribution in [-0.4, -0.2) is 38.4 Å². The predicted molar refractivity (Wildman–Crippen MR) is 78.1 cm³/mol. The maximum absolute atomic E-state index is 12.1. The van der Waals surface area contributed by atoms with Crippen LogP contribution in [0.15, 0.2) is 24.3 Å². The van der Waals surface area contributed by atoms with Crippen LogP contribution < -0.4 is 10.6 Å². The zero-order chi connectivity index (χ0) is 14.8. The Hall–Kier alpha value is -1.40. The van der Waals surface area contributed by atoms with Gasteiger partial charge in [0.15, 0.2) is 0 Å². The van der Waals surface area contributed by atoms with Crippen molar-refractivity contribution in [3.8, 4) is 0 Å². The Bertz CT molecular complexity index is 598. The van der Waals surface area contributed by atoms with Crippen molar-refractivity contribution in [1.29, 1.82) is 0 Å². The van der Waals surface area contributed by atoms with Gasteiger partial charge >= 0.3 is 0 Å². The van der Waals surface area contributed by atoms with Gasteiger partial charge in [0, 0.05) is 18.8 Å². The second-order valence-corrected chi connectivity index (χ2v) is 7.59. The van der Waals surface area contributed by atoms with Crippen molar-refractivity contribution < 1.29 is 13.2 Å². The second kappa shape index (κ2) is 5.93. The summed E-state index contributed by atoms with van der Waals surface area (Å²) in [6.45, 7) is 2.37. The van der Waals surface area contributed by atoms with Crippen molar-refractivity contribution in [1.82, 2.24) is 10.6 Å². The Kier molecular flexibility index (Phi) is 4.45. The van der Waals surface area contributed by atoms with Crippen molar-refractivity contribution in [2.45, 2.75) is 32.0 Å². The molecule has 0 saturated heterocycles. The summed E-state index contributed by atoms with van der Waals surface area (Å²) in [4.78, 5) is 12.1. The van der Waals surface area contributed by atoms with Gasteiger partial charge in [-0.2, -0.15) is 0 Å². The minimum absolute atomic E-state index is 0.0396. The van der Waals surface area contributed by atoms with Crippen LogP contribution in [0, 0.1) is 0 Å². The lowest BCUT2D eigenvalue weighted by atomic mass is 9.95. The molecule has 0 fully saturated rings. The molecule has 0 spiro atoms. The van der Waals surface area contributed by atoms with E-state index >= 15 is 0 Å². The molecule has 0 bridgehead atoms. The SMILES string of the molecule is CC(CS(C)(=O)=O)NC(=O)[C@H]1Cc2ccccc2CN1. The van der Waals surface area contributed by atoms with Gasteiger partial charge in [0.25, 0.3) is 0 Å². The number of hydrogen-bond acceptors (Lipinski definition) is 4. The summed E-state index contributed by atoms with van der Waals surface area (Å²) in [5.41, 5.74) is 2.38. The van der Waals surface area contributed by atoms with Gasteiger partial charge in [-0.1, -0.05) is 24.3 Å². The summed E-state index contributed by atoms with van der Waals surface area (Å²) >= 11 is 0. The monoisotopic (exact) mass is 296 g/mol. The number of hydrogen-bond donors (Lipinski definition) is 2. The van der Waals surface area contributed by atoms with E-state index < -0.39 is 9.84 Å². The summed E-state index contributed by atoms with van der Waals surface area (Å²) in [6.07, 6.45) is 1.80. The smallest absolute Gasteiger partial charge is 0.237 e. The second-order valence-electron chi connectivity index (χ2n) is 5.41. The molecule has 1 aromatic carbocycles. The van der Waals surface area contributed by atoms with E-state index in [4.69, 9.17) is 0 Å². The molecular formula is C14H20N2O3S. The highest BCUT2D eigenvalue weighted by Crippen LogP contribution is 2.16. The van der Waals surface area contributed by atoms with Gasteiger partial charge in [0.05, 0.1) is 11.8 Å². The van der Waals surface area contributed by atoms with Crippen molar-refractivity contribution in [2.24, 2.45) is 0 Å². The van der Waals surface area contributed by atoms with Gasteiger partial charge < -0.3 is 10.6 Å². The lowest BCUT2D eigenvalue weighted by Crippen LogP contribution is -2.51. The molecule has 2 rings (SSSR count). The van der Waals surface area contributed by atoms with Gasteiger partial charge in [-0.3, -0.25) is 4.79 Å². The maximum atomic E-state index is 12.1. The fourth-order valence-corrected chi connectivity index (χ4v) is 3.47. The van der Waals surface area contributed by atoms with Gasteiger partial charge in [-0.15, -0.1) is 0 Å². The lowest BCUT2D eigenvalue weighted by Gasteiger charge is -2.26. The van der Waals surface area contributed by atoms with Crippen molar-refractivity contribution in [2.75, 3.05) is 12.0 Å². The van der Waals surface area contributed by atoms with Crippen molar-refractivity contribution in [3.63, 3.8) is 0 Å². The minimum atomic E-state index is -3.08. The Morgan fingerprint density at radius 2 is 2.05 bits per heavy atom. The average Bonchev–Trinajstić information content (AvgIpc) is 2.35. The van der Waals surface area contributed by atoms with Crippen LogP contribution in [-0.2, 0) is 27.6 Å². The number of amides is 1. The lowest BCUT2D eigenvalue weighted by molar-refractivity contribution is -0.123. The molecule has 0 aromatic heterocycles. The molecule has 6 heteroatoms. The fraction of sp³-hybridized carbons (Fsp3) is 0.500. The summed E-state index contributed by atoms with van der Waals surface area (Å²) in [5, 5.41) is 5.94. The molecule has 1 aromatic rings. The Morgan fingerprint density at radius 1 is 1.40 bits per heavy atom. The number of benzene rings is 1. The van der Waals surface area contributed by atoms with Crippen LogP contribution in [0.3, 0.4) is 0 Å². The first-order valence-electron chi connectivity index (χ1n) is 6.63. The number of carbonyl (C=O) groups is 1. The molecule has 0 aliphatic carbocycles. The molecule has 0 saturated carbocycles. The molecule has 0 radical (unpaired) electrons. The largest absolute Gasteiger partial charge is 0.351 e. The van der Waals surface area contributed by atoms with E-state index in [0.717, 1.165) is 0 Å². The van der Waals surface area contributed by atoms with E-state index in [1.54, 1.807) is 6.92 Å². The number of carbonyl (C=O) groups excluding carboxylic acids is 1. The fourth-order valence-electron chi connectivity index (χ4n) is 2.48. The number of rotatable bonds is 4. The molecule has 2 N–H and O–H groups in total. The molecule has 1 aliphatic rings. The summed E-state index contributed by atoms with van der Waals surface area (Å²) < 4.78 is 22.4. The standard InChI is InChI=1S/C14H20N2O3S/c1-10(9-20(2,18)19)16-14(17)13-7-11-5-3-4-6-12(11)8-15-13/h3-6,10,13,15H,7-9H2,1-2H3,(H,16,17)/t10?,13-/m1/s1. The van der Waals surface area contributed by atoms with E-state index in [1.165, 1.54) is 17.4 Å². The Labute approximate surface area is 119 Å². The topological polar surface area (TPSA) is 75.3 Å². The van der Waals surface area contributed by atoms with Crippen LogP contribution in [0.25, 0.3) is 0 Å². The minimum Gasteiger partial charge on any atom is -0.351 e. The first-order valence-corrected chi connectivity index (χ1v) is 8.69. The molecule has 2 atom stereocenters. The van der Waals surface area contributed by atoms with Crippen molar-refractivity contribution in [3.05, 3.63) is 35.4 Å².